The molecule has 0 saturated carbocycles. The quantitative estimate of drug-likeness (QED) is 0.635. The first-order chi connectivity index (χ1) is 13.5. The molecule has 0 spiro atoms. The molecule has 1 N–H and O–H groups in total. The highest BCUT2D eigenvalue weighted by Crippen LogP contribution is 2.26. The summed E-state index contributed by atoms with van der Waals surface area (Å²) >= 11 is 1.68. The number of carbonyl (C=O) groups excluding carboxylic acids is 1. The van der Waals surface area contributed by atoms with Gasteiger partial charge in [-0.05, 0) is 61.1 Å². The van der Waals surface area contributed by atoms with Crippen molar-refractivity contribution in [1.82, 2.24) is 15.0 Å². The van der Waals surface area contributed by atoms with Crippen LogP contribution in [0.5, 0.6) is 5.75 Å². The van der Waals surface area contributed by atoms with E-state index in [2.05, 4.69) is 22.6 Å². The number of hydrogen-bond donors (Lipinski definition) is 1. The van der Waals surface area contributed by atoms with Crippen LogP contribution in [0.4, 0.5) is 5.69 Å². The largest absolute Gasteiger partial charge is 0.497 e. The zero-order valence-corrected chi connectivity index (χ0v) is 17.3. The van der Waals surface area contributed by atoms with Gasteiger partial charge in [0.25, 0.3) is 5.91 Å². The van der Waals surface area contributed by atoms with Gasteiger partial charge in [0.15, 0.2) is 5.69 Å². The minimum absolute atomic E-state index is 0.221. The number of thioether (sulfide) groups is 1. The van der Waals surface area contributed by atoms with Crippen LogP contribution in [0.15, 0.2) is 42.5 Å². The van der Waals surface area contributed by atoms with Gasteiger partial charge in [0, 0.05) is 11.3 Å². The zero-order valence-electron chi connectivity index (χ0n) is 16.5. The number of methoxy groups -OCH3 is 1. The summed E-state index contributed by atoms with van der Waals surface area (Å²) in [6.07, 6.45) is 0. The number of anilines is 1. The molecule has 2 aromatic carbocycles. The van der Waals surface area contributed by atoms with E-state index in [9.17, 15) is 4.79 Å². The lowest BCUT2D eigenvalue weighted by Crippen LogP contribution is -2.19. The number of aryl methyl sites for hydroxylation is 1. The summed E-state index contributed by atoms with van der Waals surface area (Å²) < 4.78 is 6.88. The maximum atomic E-state index is 13.2. The third kappa shape index (κ3) is 4.20. The second-order valence-electron chi connectivity index (χ2n) is 6.34. The number of nitrogens with zero attached hydrogens (tertiary/aromatic N) is 3. The second-order valence-corrected chi connectivity index (χ2v) is 7.58. The number of hydrogen-bond acceptors (Lipinski definition) is 5. The maximum Gasteiger partial charge on any atom is 0.276 e. The highest BCUT2D eigenvalue weighted by Gasteiger charge is 2.22. The molecule has 1 heterocycles. The molecule has 3 rings (SSSR count). The summed E-state index contributed by atoms with van der Waals surface area (Å²) in [7, 11) is 1.62. The second kappa shape index (κ2) is 8.93. The Labute approximate surface area is 169 Å². The van der Waals surface area contributed by atoms with Gasteiger partial charge in [-0.1, -0.05) is 24.3 Å². The molecule has 7 heteroatoms. The molecule has 0 aliphatic heterocycles. The predicted octanol–water partition coefficient (Wildman–Crippen LogP) is 4.53. The number of aromatic nitrogens is 3. The third-order valence-corrected chi connectivity index (χ3v) is 5.42. The van der Waals surface area contributed by atoms with Crippen LogP contribution in [-0.4, -0.2) is 33.8 Å². The molecule has 0 aliphatic carbocycles. The molecular formula is C21H24N4O2S. The van der Waals surface area contributed by atoms with Gasteiger partial charge < -0.3 is 10.1 Å². The van der Waals surface area contributed by atoms with E-state index in [1.807, 2.05) is 56.3 Å². The minimum Gasteiger partial charge on any atom is -0.497 e. The van der Waals surface area contributed by atoms with E-state index >= 15 is 0 Å². The summed E-state index contributed by atoms with van der Waals surface area (Å²) in [6.45, 7) is 6.09. The lowest BCUT2D eigenvalue weighted by Gasteiger charge is -2.12. The van der Waals surface area contributed by atoms with Crippen LogP contribution in [-0.2, 0) is 5.88 Å². The lowest BCUT2D eigenvalue weighted by molar-refractivity contribution is 0.101. The van der Waals surface area contributed by atoms with Gasteiger partial charge in [-0.2, -0.15) is 0 Å². The van der Waals surface area contributed by atoms with Crippen molar-refractivity contribution in [3.8, 4) is 17.0 Å². The summed E-state index contributed by atoms with van der Waals surface area (Å²) in [4.78, 5) is 13.2. The van der Waals surface area contributed by atoms with Crippen LogP contribution in [0, 0.1) is 13.8 Å². The Morgan fingerprint density at radius 2 is 1.93 bits per heavy atom. The third-order valence-electron chi connectivity index (χ3n) is 4.58. The Morgan fingerprint density at radius 3 is 2.61 bits per heavy atom. The first kappa shape index (κ1) is 19.9. The van der Waals surface area contributed by atoms with Gasteiger partial charge in [-0.3, -0.25) is 4.79 Å². The molecule has 0 bridgehead atoms. The van der Waals surface area contributed by atoms with Crippen LogP contribution >= 0.6 is 11.8 Å². The number of ether oxygens (including phenoxy) is 1. The summed E-state index contributed by atoms with van der Waals surface area (Å²) in [6, 6.07) is 13.3. The molecule has 1 aromatic heterocycles. The van der Waals surface area contributed by atoms with Gasteiger partial charge in [-0.15, -0.1) is 16.9 Å². The van der Waals surface area contributed by atoms with Gasteiger partial charge in [0.05, 0.1) is 13.0 Å². The molecule has 0 saturated heterocycles. The van der Waals surface area contributed by atoms with E-state index in [0.29, 0.717) is 17.3 Å². The molecule has 0 atom stereocenters. The normalized spacial score (nSPS) is 10.7. The summed E-state index contributed by atoms with van der Waals surface area (Å²) in [5.41, 5.74) is 4.79. The van der Waals surface area contributed by atoms with Crippen molar-refractivity contribution < 1.29 is 9.53 Å². The van der Waals surface area contributed by atoms with E-state index in [1.54, 1.807) is 23.6 Å². The first-order valence-corrected chi connectivity index (χ1v) is 10.2. The SMILES string of the molecule is CCSCn1nnc(-c2ccc(OC)cc2)c1C(=O)Nc1cccc(C)c1C. The Morgan fingerprint density at radius 1 is 1.18 bits per heavy atom. The number of benzene rings is 2. The Hall–Kier alpha value is -2.80. The molecule has 1 amide bonds. The van der Waals surface area contributed by atoms with Crippen LogP contribution in [0.2, 0.25) is 0 Å². The molecule has 146 valence electrons. The topological polar surface area (TPSA) is 69.0 Å². The number of nitrogens with one attached hydrogen (secondary N) is 1. The average molecular weight is 397 g/mol. The van der Waals surface area contributed by atoms with Gasteiger partial charge in [0.2, 0.25) is 0 Å². The van der Waals surface area contributed by atoms with Gasteiger partial charge in [0.1, 0.15) is 11.4 Å². The Balaban J connectivity index is 1.99. The van der Waals surface area contributed by atoms with E-state index in [0.717, 1.165) is 33.9 Å². The number of rotatable bonds is 7. The standard InChI is InChI=1S/C21H24N4O2S/c1-5-28-13-25-20(21(26)22-18-8-6-7-14(2)15(18)3)19(23-24-25)16-9-11-17(27-4)12-10-16/h6-12H,5,13H2,1-4H3,(H,22,26). The smallest absolute Gasteiger partial charge is 0.276 e. The van der Waals surface area contributed by atoms with Crippen molar-refractivity contribution in [1.29, 1.82) is 0 Å². The van der Waals surface area contributed by atoms with Crippen LogP contribution < -0.4 is 10.1 Å². The molecule has 0 unspecified atom stereocenters. The van der Waals surface area contributed by atoms with Crippen molar-refractivity contribution in [3.05, 3.63) is 59.3 Å². The van der Waals surface area contributed by atoms with Crippen molar-refractivity contribution in [2.24, 2.45) is 0 Å². The van der Waals surface area contributed by atoms with Gasteiger partial charge >= 0.3 is 0 Å². The molecule has 6 nitrogen and oxygen atoms in total. The molecular weight excluding hydrogens is 372 g/mol. The van der Waals surface area contributed by atoms with Crippen molar-refractivity contribution >= 4 is 23.4 Å². The molecule has 0 aliphatic rings. The predicted molar refractivity (Wildman–Crippen MR) is 114 cm³/mol. The Bertz CT molecular complexity index is 967. The first-order valence-electron chi connectivity index (χ1n) is 9.08. The minimum atomic E-state index is -0.221. The van der Waals surface area contributed by atoms with E-state index < -0.39 is 0 Å². The molecule has 0 fully saturated rings. The highest BCUT2D eigenvalue weighted by molar-refractivity contribution is 7.98. The molecule has 0 radical (unpaired) electrons. The molecule has 3 aromatic rings. The van der Waals surface area contributed by atoms with E-state index in [-0.39, 0.29) is 5.91 Å². The van der Waals surface area contributed by atoms with Crippen molar-refractivity contribution in [2.45, 2.75) is 26.6 Å². The van der Waals surface area contributed by atoms with Crippen molar-refractivity contribution in [3.63, 3.8) is 0 Å². The number of amides is 1. The fourth-order valence-electron chi connectivity index (χ4n) is 2.82. The zero-order chi connectivity index (χ0) is 20.1. The maximum absolute atomic E-state index is 13.2. The summed E-state index contributed by atoms with van der Waals surface area (Å²) in [5, 5.41) is 11.6. The van der Waals surface area contributed by atoms with E-state index in [4.69, 9.17) is 4.74 Å². The lowest BCUT2D eigenvalue weighted by atomic mass is 10.1. The van der Waals surface area contributed by atoms with Crippen LogP contribution in [0.25, 0.3) is 11.3 Å². The highest BCUT2D eigenvalue weighted by atomic mass is 32.2. The fourth-order valence-corrected chi connectivity index (χ4v) is 3.35. The van der Waals surface area contributed by atoms with Crippen LogP contribution in [0.1, 0.15) is 28.5 Å². The van der Waals surface area contributed by atoms with Gasteiger partial charge in [-0.25, -0.2) is 4.68 Å². The van der Waals surface area contributed by atoms with E-state index in [1.165, 1.54) is 0 Å². The van der Waals surface area contributed by atoms with Crippen molar-refractivity contribution in [2.75, 3.05) is 18.2 Å². The number of carbonyl (C=O) groups is 1. The average Bonchev–Trinajstić information content (AvgIpc) is 3.14. The van der Waals surface area contributed by atoms with Crippen LogP contribution in [0.3, 0.4) is 0 Å². The summed E-state index contributed by atoms with van der Waals surface area (Å²) in [5.74, 6) is 2.02. The monoisotopic (exact) mass is 396 g/mol. The molecule has 28 heavy (non-hydrogen) atoms. The Kier molecular flexibility index (Phi) is 6.36. The fraction of sp³-hybridized carbons (Fsp3) is 0.286.